The lowest BCUT2D eigenvalue weighted by Gasteiger charge is -2.31. The van der Waals surface area contributed by atoms with Crippen LogP contribution in [0.3, 0.4) is 0 Å². The minimum atomic E-state index is -0.884. The van der Waals surface area contributed by atoms with E-state index < -0.39 is 18.1 Å². The summed E-state index contributed by atoms with van der Waals surface area (Å²) in [5.74, 6) is -1.53. The molecule has 316 valence electrons. The van der Waals surface area contributed by atoms with Crippen molar-refractivity contribution < 1.29 is 38.2 Å². The zero-order chi connectivity index (χ0) is 40.7. The number of hydrogen-bond donors (Lipinski definition) is 1. The van der Waals surface area contributed by atoms with Gasteiger partial charge >= 0.3 is 17.9 Å². The topological polar surface area (TPSA) is 99.1 Å². The average molecular weight is 773 g/mol. The van der Waals surface area contributed by atoms with Gasteiger partial charge in [0, 0.05) is 19.3 Å². The van der Waals surface area contributed by atoms with Gasteiger partial charge < -0.3 is 23.8 Å². The maximum absolute atomic E-state index is 12.6. The van der Waals surface area contributed by atoms with Crippen LogP contribution < -0.4 is 0 Å². The van der Waals surface area contributed by atoms with Crippen LogP contribution in [0.4, 0.5) is 0 Å². The summed E-state index contributed by atoms with van der Waals surface area (Å²) in [4.78, 5) is 36.8. The van der Waals surface area contributed by atoms with Gasteiger partial charge in [-0.15, -0.1) is 0 Å². The van der Waals surface area contributed by atoms with Crippen molar-refractivity contribution in [2.24, 2.45) is 0 Å². The molecular formula is C47H82NO7+. The zero-order valence-electron chi connectivity index (χ0n) is 35.9. The third-order valence-electron chi connectivity index (χ3n) is 9.40. The molecule has 0 aliphatic rings. The van der Waals surface area contributed by atoms with E-state index in [0.717, 1.165) is 64.2 Å². The summed E-state index contributed by atoms with van der Waals surface area (Å²) in [6.07, 6.45) is 45.7. The predicted octanol–water partition coefficient (Wildman–Crippen LogP) is 11.8. The SMILES string of the molecule is CC/C=C/C/C=C/CCCCC(=O)OC(COCCC(C(=O)O)[N+](C)(C)C)COC(=O)CCCCCCCCCCC/C=C/C/C=C/C/C=C/CCCCC. The average Bonchev–Trinajstić information content (AvgIpc) is 3.14. The first kappa shape index (κ1) is 52.0. The van der Waals surface area contributed by atoms with Gasteiger partial charge in [0.15, 0.2) is 12.1 Å². The Hall–Kier alpha value is -2.97. The van der Waals surface area contributed by atoms with Gasteiger partial charge in [0.25, 0.3) is 0 Å². The molecule has 2 unspecified atom stereocenters. The summed E-state index contributed by atoms with van der Waals surface area (Å²) in [5.41, 5.74) is 0. The Labute approximate surface area is 337 Å². The van der Waals surface area contributed by atoms with Crippen LogP contribution in [0.5, 0.6) is 0 Å². The van der Waals surface area contributed by atoms with Crippen molar-refractivity contribution in [3.05, 3.63) is 60.8 Å². The van der Waals surface area contributed by atoms with Crippen LogP contribution in [0.2, 0.25) is 0 Å². The van der Waals surface area contributed by atoms with Crippen molar-refractivity contribution in [1.29, 1.82) is 0 Å². The van der Waals surface area contributed by atoms with Crippen molar-refractivity contribution in [3.63, 3.8) is 0 Å². The molecule has 0 aromatic rings. The largest absolute Gasteiger partial charge is 0.477 e. The van der Waals surface area contributed by atoms with E-state index in [1.54, 1.807) is 0 Å². The summed E-state index contributed by atoms with van der Waals surface area (Å²) in [5, 5.41) is 9.59. The van der Waals surface area contributed by atoms with Crippen LogP contribution in [-0.4, -0.2) is 80.6 Å². The second-order valence-corrected chi connectivity index (χ2v) is 15.6. The van der Waals surface area contributed by atoms with Crippen molar-refractivity contribution >= 4 is 17.9 Å². The molecule has 0 rings (SSSR count). The number of carboxylic acids is 1. The lowest BCUT2D eigenvalue weighted by atomic mass is 10.1. The highest BCUT2D eigenvalue weighted by Gasteiger charge is 2.31. The Kier molecular flexibility index (Phi) is 35.9. The molecule has 1 N–H and O–H groups in total. The number of ether oxygens (including phenoxy) is 3. The number of rotatable bonds is 38. The fourth-order valence-electron chi connectivity index (χ4n) is 6.02. The summed E-state index contributed by atoms with van der Waals surface area (Å²) in [7, 11) is 5.50. The molecular weight excluding hydrogens is 691 g/mol. The van der Waals surface area contributed by atoms with Gasteiger partial charge in [-0.2, -0.15) is 0 Å². The number of aliphatic carboxylic acids is 1. The number of carbonyl (C=O) groups excluding carboxylic acids is 2. The second-order valence-electron chi connectivity index (χ2n) is 15.6. The minimum absolute atomic E-state index is 0.0440. The van der Waals surface area contributed by atoms with E-state index in [9.17, 15) is 19.5 Å². The van der Waals surface area contributed by atoms with E-state index in [0.29, 0.717) is 19.3 Å². The molecule has 0 aliphatic carbocycles. The molecule has 0 bridgehead atoms. The number of carboxylic acid groups (broad SMARTS) is 1. The third-order valence-corrected chi connectivity index (χ3v) is 9.40. The number of nitrogens with zero attached hydrogens (tertiary/aromatic N) is 1. The molecule has 55 heavy (non-hydrogen) atoms. The van der Waals surface area contributed by atoms with E-state index >= 15 is 0 Å². The first-order chi connectivity index (χ1) is 26.6. The highest BCUT2D eigenvalue weighted by atomic mass is 16.6. The first-order valence-corrected chi connectivity index (χ1v) is 21.8. The first-order valence-electron chi connectivity index (χ1n) is 21.8. The van der Waals surface area contributed by atoms with E-state index in [1.165, 1.54) is 64.2 Å². The molecule has 8 nitrogen and oxygen atoms in total. The standard InChI is InChI=1S/C47H81NO7/c1-6-8-10-12-14-16-17-18-19-20-21-22-23-24-25-26-27-28-30-31-33-35-37-45(49)54-42-43(41-53-40-39-44(47(51)52)48(3,4)5)55-46(50)38-36-34-32-29-15-13-11-9-7-2/h9,11,14-16,18-19,21-22,29,43-44H,6-8,10,12-13,17,20,23-28,30-42H2,1-5H3/p+1/b11-9+,16-14+,19-18+,22-21+,29-15+. The highest BCUT2D eigenvalue weighted by Crippen LogP contribution is 2.13. The van der Waals surface area contributed by atoms with Crippen LogP contribution in [0, 0.1) is 0 Å². The molecule has 0 heterocycles. The molecule has 0 saturated carbocycles. The van der Waals surface area contributed by atoms with Gasteiger partial charge in [-0.25, -0.2) is 4.79 Å². The molecule has 0 spiro atoms. The zero-order valence-corrected chi connectivity index (χ0v) is 35.9. The van der Waals surface area contributed by atoms with Crippen molar-refractivity contribution in [2.75, 3.05) is 41.0 Å². The minimum Gasteiger partial charge on any atom is -0.477 e. The van der Waals surface area contributed by atoms with Crippen LogP contribution in [-0.2, 0) is 28.6 Å². The molecule has 0 saturated heterocycles. The van der Waals surface area contributed by atoms with Gasteiger partial charge in [0.05, 0.1) is 34.4 Å². The number of quaternary nitrogens is 1. The Bertz CT molecular complexity index is 1090. The predicted molar refractivity (Wildman–Crippen MR) is 229 cm³/mol. The molecule has 0 fully saturated rings. The number of unbranched alkanes of at least 4 members (excludes halogenated alkanes) is 14. The van der Waals surface area contributed by atoms with Gasteiger partial charge in [-0.05, 0) is 77.0 Å². The Morgan fingerprint density at radius 2 is 1.02 bits per heavy atom. The highest BCUT2D eigenvalue weighted by molar-refractivity contribution is 5.72. The molecule has 2 atom stereocenters. The Morgan fingerprint density at radius 1 is 0.564 bits per heavy atom. The van der Waals surface area contributed by atoms with Gasteiger partial charge in [0.2, 0.25) is 0 Å². The summed E-state index contributed by atoms with van der Waals surface area (Å²) in [6, 6.07) is -0.622. The van der Waals surface area contributed by atoms with Crippen molar-refractivity contribution in [2.45, 2.75) is 180 Å². The van der Waals surface area contributed by atoms with Crippen LogP contribution in [0.25, 0.3) is 0 Å². The number of likely N-dealkylation sites (N-methyl/N-ethyl adjacent to an activating group) is 1. The van der Waals surface area contributed by atoms with Crippen molar-refractivity contribution in [1.82, 2.24) is 0 Å². The molecule has 0 aromatic heterocycles. The maximum Gasteiger partial charge on any atom is 0.362 e. The van der Waals surface area contributed by atoms with Crippen molar-refractivity contribution in [3.8, 4) is 0 Å². The van der Waals surface area contributed by atoms with E-state index in [2.05, 4.69) is 74.6 Å². The molecule has 0 amide bonds. The Balaban J connectivity index is 4.24. The summed E-state index contributed by atoms with van der Waals surface area (Å²) in [6.45, 7) is 4.53. The Morgan fingerprint density at radius 3 is 1.55 bits per heavy atom. The molecule has 8 heteroatoms. The van der Waals surface area contributed by atoms with E-state index in [-0.39, 0.29) is 42.7 Å². The molecule has 0 aliphatic heterocycles. The van der Waals surface area contributed by atoms with Gasteiger partial charge in [-0.3, -0.25) is 9.59 Å². The summed E-state index contributed by atoms with van der Waals surface area (Å²) >= 11 is 0. The second kappa shape index (κ2) is 37.9. The normalized spacial score (nSPS) is 13.5. The molecule has 0 radical (unpaired) electrons. The number of allylic oxidation sites excluding steroid dienone is 10. The van der Waals surface area contributed by atoms with Gasteiger partial charge in [0.1, 0.15) is 6.61 Å². The fourth-order valence-corrected chi connectivity index (χ4v) is 6.02. The maximum atomic E-state index is 12.6. The van der Waals surface area contributed by atoms with Crippen LogP contribution in [0.15, 0.2) is 60.8 Å². The van der Waals surface area contributed by atoms with E-state index in [1.807, 2.05) is 21.1 Å². The number of carbonyl (C=O) groups is 3. The summed E-state index contributed by atoms with van der Waals surface area (Å²) < 4.78 is 17.2. The van der Waals surface area contributed by atoms with Crippen LogP contribution >= 0.6 is 0 Å². The van der Waals surface area contributed by atoms with Crippen LogP contribution in [0.1, 0.15) is 168 Å². The molecule has 0 aromatic carbocycles. The number of esters is 2. The smallest absolute Gasteiger partial charge is 0.362 e. The lowest BCUT2D eigenvalue weighted by molar-refractivity contribution is -0.887. The van der Waals surface area contributed by atoms with Gasteiger partial charge in [-0.1, -0.05) is 132 Å². The monoisotopic (exact) mass is 773 g/mol. The fraction of sp³-hybridized carbons (Fsp3) is 0.723. The quantitative estimate of drug-likeness (QED) is 0.0289. The van der Waals surface area contributed by atoms with E-state index in [4.69, 9.17) is 14.2 Å². The third kappa shape index (κ3) is 36.4. The number of hydrogen-bond acceptors (Lipinski definition) is 6. The lowest BCUT2D eigenvalue weighted by Crippen LogP contribution is -2.50.